The number of halogens is 4. The van der Waals surface area contributed by atoms with Gasteiger partial charge in [-0.2, -0.15) is 0 Å². The van der Waals surface area contributed by atoms with Gasteiger partial charge in [0.25, 0.3) is 0 Å². The molecule has 2 rings (SSSR count). The number of ketones is 2. The van der Waals surface area contributed by atoms with Crippen molar-refractivity contribution in [3.63, 3.8) is 0 Å². The molecular formula is C18H14BrF3O4. The van der Waals surface area contributed by atoms with Crippen LogP contribution in [-0.4, -0.2) is 38.1 Å². The zero-order chi connectivity index (χ0) is 19.1. The van der Waals surface area contributed by atoms with Crippen molar-refractivity contribution in [3.8, 4) is 11.5 Å². The Hall–Kier alpha value is -2.35. The van der Waals surface area contributed by atoms with Gasteiger partial charge in [-0.15, -0.1) is 0 Å². The van der Waals surface area contributed by atoms with Crippen molar-refractivity contribution >= 4 is 27.5 Å². The lowest BCUT2D eigenvalue weighted by Crippen LogP contribution is -2.15. The number of hydrogen-bond acceptors (Lipinski definition) is 4. The fourth-order valence-electron chi connectivity index (χ4n) is 2.08. The zero-order valence-corrected chi connectivity index (χ0v) is 15.0. The topological polar surface area (TPSA) is 52.6 Å². The lowest BCUT2D eigenvalue weighted by molar-refractivity contribution is 0.0816. The van der Waals surface area contributed by atoms with E-state index in [9.17, 15) is 22.8 Å². The van der Waals surface area contributed by atoms with Gasteiger partial charge in [-0.25, -0.2) is 13.2 Å². The molecule has 8 heteroatoms. The van der Waals surface area contributed by atoms with Gasteiger partial charge in [-0.05, 0) is 52.3 Å². The second-order valence-electron chi connectivity index (χ2n) is 5.02. The number of rotatable bonds is 9. The Bertz CT molecular complexity index is 811. The Morgan fingerprint density at radius 1 is 0.846 bits per heavy atom. The summed E-state index contributed by atoms with van der Waals surface area (Å²) in [5.41, 5.74) is -0.0100. The predicted octanol–water partition coefficient (Wildman–Crippen LogP) is 4.35. The van der Waals surface area contributed by atoms with Crippen molar-refractivity contribution in [2.45, 2.75) is 0 Å². The van der Waals surface area contributed by atoms with Crippen LogP contribution in [0.1, 0.15) is 20.7 Å². The maximum absolute atomic E-state index is 13.3. The molecule has 0 unspecified atom stereocenters. The highest BCUT2D eigenvalue weighted by Crippen LogP contribution is 2.29. The molecular weight excluding hydrogens is 417 g/mol. The van der Waals surface area contributed by atoms with Crippen LogP contribution in [0.25, 0.3) is 0 Å². The summed E-state index contributed by atoms with van der Waals surface area (Å²) in [5, 5.41) is 0. The van der Waals surface area contributed by atoms with E-state index < -0.39 is 30.7 Å². The van der Waals surface area contributed by atoms with E-state index in [1.165, 1.54) is 30.3 Å². The maximum Gasteiger partial charge on any atom is 0.233 e. The number of alkyl halides is 2. The van der Waals surface area contributed by atoms with E-state index in [1.54, 1.807) is 0 Å². The summed E-state index contributed by atoms with van der Waals surface area (Å²) in [5.74, 6) is -2.12. The molecule has 0 atom stereocenters. The highest BCUT2D eigenvalue weighted by Gasteiger charge is 2.21. The van der Waals surface area contributed by atoms with E-state index in [2.05, 4.69) is 15.9 Å². The third-order valence-electron chi connectivity index (χ3n) is 3.26. The number of carbonyl (C=O) groups excluding carboxylic acids is 2. The van der Waals surface area contributed by atoms with Gasteiger partial charge in [0, 0.05) is 11.1 Å². The first-order chi connectivity index (χ1) is 12.5. The van der Waals surface area contributed by atoms with Crippen molar-refractivity contribution in [2.75, 3.05) is 26.6 Å². The molecule has 0 bridgehead atoms. The van der Waals surface area contributed by atoms with E-state index in [0.717, 1.165) is 6.07 Å². The van der Waals surface area contributed by atoms with Gasteiger partial charge >= 0.3 is 0 Å². The standard InChI is InChI=1S/C18H14BrF3O4/c19-13-9-11(1-3-14(13)22)17(23)18(24)12-2-4-15(25-7-5-20)16(10-12)26-8-6-21/h1-4,9-10H,5-8H2. The van der Waals surface area contributed by atoms with Gasteiger partial charge in [0.1, 0.15) is 32.4 Å². The molecule has 0 saturated heterocycles. The molecule has 2 aromatic carbocycles. The van der Waals surface area contributed by atoms with E-state index in [0.29, 0.717) is 0 Å². The fourth-order valence-corrected chi connectivity index (χ4v) is 2.46. The van der Waals surface area contributed by atoms with Crippen molar-refractivity contribution in [1.29, 1.82) is 0 Å². The molecule has 0 radical (unpaired) electrons. The summed E-state index contributed by atoms with van der Waals surface area (Å²) >= 11 is 2.95. The van der Waals surface area contributed by atoms with Crippen molar-refractivity contribution < 1.29 is 32.2 Å². The van der Waals surface area contributed by atoms with Crippen LogP contribution >= 0.6 is 15.9 Å². The zero-order valence-electron chi connectivity index (χ0n) is 13.4. The third-order valence-corrected chi connectivity index (χ3v) is 3.87. The average molecular weight is 431 g/mol. The molecule has 0 fully saturated rings. The molecule has 0 heterocycles. The quantitative estimate of drug-likeness (QED) is 0.438. The maximum atomic E-state index is 13.3. The molecule has 0 aliphatic carbocycles. The second-order valence-corrected chi connectivity index (χ2v) is 5.88. The van der Waals surface area contributed by atoms with Crippen molar-refractivity contribution in [3.05, 3.63) is 57.8 Å². The van der Waals surface area contributed by atoms with Gasteiger partial charge in [-0.3, -0.25) is 9.59 Å². The normalized spacial score (nSPS) is 10.5. The molecule has 0 saturated carbocycles. The average Bonchev–Trinajstić information content (AvgIpc) is 2.65. The molecule has 2 aromatic rings. The summed E-state index contributed by atoms with van der Waals surface area (Å²) in [6.07, 6.45) is 0. The second kappa shape index (κ2) is 9.38. The highest BCUT2D eigenvalue weighted by molar-refractivity contribution is 9.10. The third kappa shape index (κ3) is 4.85. The van der Waals surface area contributed by atoms with Gasteiger partial charge in [0.05, 0.1) is 4.47 Å². The largest absolute Gasteiger partial charge is 0.487 e. The van der Waals surface area contributed by atoms with Gasteiger partial charge in [-0.1, -0.05) is 0 Å². The Morgan fingerprint density at radius 2 is 1.38 bits per heavy atom. The first kappa shape index (κ1) is 20.0. The Balaban J connectivity index is 2.29. The number of benzene rings is 2. The molecule has 0 aliphatic heterocycles. The summed E-state index contributed by atoms with van der Waals surface area (Å²) in [6.45, 7) is -2.03. The minimum Gasteiger partial charge on any atom is -0.487 e. The molecule has 0 N–H and O–H groups in total. The van der Waals surface area contributed by atoms with Crippen LogP contribution in [-0.2, 0) is 0 Å². The Labute approximate surface area is 156 Å². The first-order valence-electron chi connectivity index (χ1n) is 7.53. The summed E-state index contributed by atoms with van der Waals surface area (Å²) in [4.78, 5) is 24.7. The number of ether oxygens (including phenoxy) is 2. The van der Waals surface area contributed by atoms with E-state index in [1.807, 2.05) is 0 Å². The van der Waals surface area contributed by atoms with Gasteiger partial charge < -0.3 is 9.47 Å². The monoisotopic (exact) mass is 430 g/mol. The van der Waals surface area contributed by atoms with Crippen LogP contribution in [0.3, 0.4) is 0 Å². The first-order valence-corrected chi connectivity index (χ1v) is 8.33. The smallest absolute Gasteiger partial charge is 0.233 e. The lowest BCUT2D eigenvalue weighted by atomic mass is 10.0. The number of carbonyl (C=O) groups is 2. The lowest BCUT2D eigenvalue weighted by Gasteiger charge is -2.12. The van der Waals surface area contributed by atoms with Gasteiger partial charge in [0.15, 0.2) is 11.5 Å². The summed E-state index contributed by atoms with van der Waals surface area (Å²) < 4.78 is 48.2. The highest BCUT2D eigenvalue weighted by atomic mass is 79.9. The molecule has 0 aromatic heterocycles. The molecule has 0 amide bonds. The SMILES string of the molecule is O=C(C(=O)c1ccc(OCCF)c(OCCF)c1)c1ccc(F)c(Br)c1. The van der Waals surface area contributed by atoms with Crippen molar-refractivity contribution in [1.82, 2.24) is 0 Å². The minimum absolute atomic E-state index is 0.00672. The van der Waals surface area contributed by atoms with Crippen molar-refractivity contribution in [2.24, 2.45) is 0 Å². The number of Topliss-reactive ketones (excluding diaryl/α,β-unsaturated/α-hetero) is 2. The van der Waals surface area contributed by atoms with Gasteiger partial charge in [0.2, 0.25) is 11.6 Å². The van der Waals surface area contributed by atoms with Crippen LogP contribution in [0.2, 0.25) is 0 Å². The number of hydrogen-bond donors (Lipinski definition) is 0. The van der Waals surface area contributed by atoms with E-state index in [4.69, 9.17) is 9.47 Å². The molecule has 0 aliphatic rings. The summed E-state index contributed by atoms with van der Waals surface area (Å²) in [6, 6.07) is 7.34. The Kier molecular flexibility index (Phi) is 7.20. The molecule has 0 spiro atoms. The van der Waals surface area contributed by atoms with Crippen LogP contribution in [0.5, 0.6) is 11.5 Å². The van der Waals surface area contributed by atoms with Crippen LogP contribution < -0.4 is 9.47 Å². The summed E-state index contributed by atoms with van der Waals surface area (Å²) in [7, 11) is 0. The van der Waals surface area contributed by atoms with Crippen LogP contribution in [0.15, 0.2) is 40.9 Å². The van der Waals surface area contributed by atoms with E-state index >= 15 is 0 Å². The van der Waals surface area contributed by atoms with E-state index in [-0.39, 0.29) is 40.3 Å². The molecule has 26 heavy (non-hydrogen) atoms. The molecule has 4 nitrogen and oxygen atoms in total. The molecule has 138 valence electrons. The Morgan fingerprint density at radius 3 is 1.96 bits per heavy atom. The minimum atomic E-state index is -0.856. The van der Waals surface area contributed by atoms with Crippen LogP contribution in [0.4, 0.5) is 13.2 Å². The fraction of sp³-hybridized carbons (Fsp3) is 0.222. The van der Waals surface area contributed by atoms with Crippen LogP contribution in [0, 0.1) is 5.82 Å². The predicted molar refractivity (Wildman–Crippen MR) is 92.1 cm³/mol.